The molecule has 0 atom stereocenters. The molecule has 0 saturated carbocycles. The number of hydrogen-bond donors (Lipinski definition) is 1. The Hall–Kier alpha value is -1.61. The average molecular weight is 337 g/mol. The maximum Gasteiger partial charge on any atom is 0.319 e. The Morgan fingerprint density at radius 1 is 1.26 bits per heavy atom. The lowest BCUT2D eigenvalue weighted by molar-refractivity contribution is -0.145. The van der Waals surface area contributed by atoms with Crippen molar-refractivity contribution in [3.8, 4) is 0 Å². The van der Waals surface area contributed by atoms with Crippen LogP contribution in [0.15, 0.2) is 22.8 Å². The van der Waals surface area contributed by atoms with Gasteiger partial charge in [0.15, 0.2) is 0 Å². The van der Waals surface area contributed by atoms with Crippen LogP contribution >= 0.6 is 0 Å². The molecule has 1 saturated heterocycles. The number of hydrogen-bond acceptors (Lipinski definition) is 4. The van der Waals surface area contributed by atoms with Crippen LogP contribution in [0.1, 0.15) is 5.76 Å². The largest absolute Gasteiger partial charge is 0.467 e. The molecule has 1 aliphatic rings. The molecule has 1 aliphatic heterocycles. The van der Waals surface area contributed by atoms with E-state index in [1.54, 1.807) is 17.0 Å². The quantitative estimate of drug-likeness (QED) is 0.765. The number of piperazine rings is 1. The van der Waals surface area contributed by atoms with E-state index in [0.29, 0.717) is 18.8 Å². The molecule has 130 valence electrons. The van der Waals surface area contributed by atoms with Crippen LogP contribution in [-0.2, 0) is 11.3 Å². The topological polar surface area (TPSA) is 48.7 Å². The van der Waals surface area contributed by atoms with Crippen LogP contribution in [-0.4, -0.2) is 67.3 Å². The minimum absolute atomic E-state index is 0.139. The van der Waals surface area contributed by atoms with Crippen molar-refractivity contribution in [1.82, 2.24) is 15.1 Å². The van der Waals surface area contributed by atoms with E-state index in [9.17, 15) is 22.4 Å². The average Bonchev–Trinajstić information content (AvgIpc) is 3.00. The second-order valence-electron chi connectivity index (χ2n) is 5.47. The van der Waals surface area contributed by atoms with Crippen molar-refractivity contribution in [1.29, 1.82) is 0 Å². The second-order valence-corrected chi connectivity index (χ2v) is 5.47. The lowest BCUT2D eigenvalue weighted by Gasteiger charge is -2.35. The van der Waals surface area contributed by atoms with E-state index in [-0.39, 0.29) is 32.1 Å². The predicted molar refractivity (Wildman–Crippen MR) is 74.4 cm³/mol. The Bertz CT molecular complexity index is 488. The number of halogens is 4. The van der Waals surface area contributed by atoms with E-state index in [0.717, 1.165) is 0 Å². The fraction of sp³-hybridized carbons (Fsp3) is 0.643. The molecular weight excluding hydrogens is 318 g/mol. The zero-order valence-electron chi connectivity index (χ0n) is 12.5. The van der Waals surface area contributed by atoms with E-state index < -0.39 is 18.9 Å². The third-order valence-electron chi connectivity index (χ3n) is 3.63. The highest BCUT2D eigenvalue weighted by Gasteiger charge is 2.42. The molecule has 1 aromatic heterocycles. The van der Waals surface area contributed by atoms with E-state index in [2.05, 4.69) is 5.32 Å². The first-order chi connectivity index (χ1) is 10.9. The third-order valence-corrected chi connectivity index (χ3v) is 3.63. The standard InChI is InChI=1S/C14H19F4N3O2/c15-13(16)14(17,18)10-21-5-3-20(4-6-21)9-12(22)19-8-11-2-1-7-23-11/h1-2,7,13H,3-6,8-10H2,(H,19,22). The first kappa shape index (κ1) is 17.7. The molecule has 0 unspecified atom stereocenters. The van der Waals surface area contributed by atoms with Gasteiger partial charge in [0.2, 0.25) is 5.91 Å². The fourth-order valence-corrected chi connectivity index (χ4v) is 2.33. The van der Waals surface area contributed by atoms with Crippen LogP contribution < -0.4 is 5.32 Å². The van der Waals surface area contributed by atoms with Crippen molar-refractivity contribution < 1.29 is 26.8 Å². The van der Waals surface area contributed by atoms with Gasteiger partial charge < -0.3 is 9.73 Å². The molecule has 2 heterocycles. The smallest absolute Gasteiger partial charge is 0.319 e. The molecule has 1 fully saturated rings. The predicted octanol–water partition coefficient (Wildman–Crippen LogP) is 1.41. The van der Waals surface area contributed by atoms with Crippen molar-refractivity contribution in [2.45, 2.75) is 18.9 Å². The van der Waals surface area contributed by atoms with E-state index in [1.807, 2.05) is 0 Å². The molecular formula is C14H19F4N3O2. The highest BCUT2D eigenvalue weighted by Crippen LogP contribution is 2.24. The maximum atomic E-state index is 13.0. The summed E-state index contributed by atoms with van der Waals surface area (Å²) in [5.74, 6) is -3.56. The summed E-state index contributed by atoms with van der Waals surface area (Å²) >= 11 is 0. The molecule has 1 aromatic rings. The van der Waals surface area contributed by atoms with Crippen LogP contribution in [0.3, 0.4) is 0 Å². The first-order valence-corrected chi connectivity index (χ1v) is 7.26. The number of nitrogens with one attached hydrogen (secondary N) is 1. The van der Waals surface area contributed by atoms with E-state index in [4.69, 9.17) is 4.42 Å². The SMILES string of the molecule is O=C(CN1CCN(CC(F)(F)C(F)F)CC1)NCc1ccco1. The summed E-state index contributed by atoms with van der Waals surface area (Å²) < 4.78 is 55.4. The van der Waals surface area contributed by atoms with Crippen molar-refractivity contribution in [3.63, 3.8) is 0 Å². The van der Waals surface area contributed by atoms with Gasteiger partial charge in [-0.3, -0.25) is 14.6 Å². The van der Waals surface area contributed by atoms with E-state index in [1.165, 1.54) is 11.2 Å². The summed E-state index contributed by atoms with van der Waals surface area (Å²) in [5, 5.41) is 2.69. The van der Waals surface area contributed by atoms with Gasteiger partial charge in [0.25, 0.3) is 0 Å². The van der Waals surface area contributed by atoms with Gasteiger partial charge in [0.05, 0.1) is 25.9 Å². The lowest BCUT2D eigenvalue weighted by atomic mass is 10.2. The van der Waals surface area contributed by atoms with Crippen molar-refractivity contribution in [3.05, 3.63) is 24.2 Å². The Morgan fingerprint density at radius 3 is 2.48 bits per heavy atom. The normalized spacial score (nSPS) is 17.6. The zero-order valence-corrected chi connectivity index (χ0v) is 12.5. The molecule has 0 aromatic carbocycles. The maximum absolute atomic E-state index is 13.0. The summed E-state index contributed by atoms with van der Waals surface area (Å²) in [7, 11) is 0. The van der Waals surface area contributed by atoms with E-state index >= 15 is 0 Å². The highest BCUT2D eigenvalue weighted by atomic mass is 19.3. The van der Waals surface area contributed by atoms with Crippen LogP contribution in [0.5, 0.6) is 0 Å². The van der Waals surface area contributed by atoms with Crippen LogP contribution in [0, 0.1) is 0 Å². The minimum Gasteiger partial charge on any atom is -0.467 e. The Labute approximate surface area is 131 Å². The van der Waals surface area contributed by atoms with Crippen molar-refractivity contribution >= 4 is 5.91 Å². The molecule has 0 aliphatic carbocycles. The molecule has 0 spiro atoms. The second kappa shape index (κ2) is 7.78. The van der Waals surface area contributed by atoms with Crippen molar-refractivity contribution in [2.24, 2.45) is 0 Å². The summed E-state index contributed by atoms with van der Waals surface area (Å²) in [5.41, 5.74) is 0. The number of furan rings is 1. The minimum atomic E-state index is -4.00. The van der Waals surface area contributed by atoms with Gasteiger partial charge in [-0.15, -0.1) is 0 Å². The number of carbonyl (C=O) groups is 1. The monoisotopic (exact) mass is 337 g/mol. The van der Waals surface area contributed by atoms with Gasteiger partial charge in [-0.25, -0.2) is 8.78 Å². The molecule has 9 heteroatoms. The third kappa shape index (κ3) is 5.51. The number of amides is 1. The lowest BCUT2D eigenvalue weighted by Crippen LogP contribution is -2.52. The van der Waals surface area contributed by atoms with Gasteiger partial charge in [0, 0.05) is 26.2 Å². The highest BCUT2D eigenvalue weighted by molar-refractivity contribution is 5.77. The number of nitrogens with zero attached hydrogens (tertiary/aromatic N) is 2. The van der Waals surface area contributed by atoms with Crippen LogP contribution in [0.2, 0.25) is 0 Å². The first-order valence-electron chi connectivity index (χ1n) is 7.26. The Balaban J connectivity index is 1.67. The van der Waals surface area contributed by atoms with Gasteiger partial charge in [0.1, 0.15) is 5.76 Å². The Kier molecular flexibility index (Phi) is 6.00. The molecule has 23 heavy (non-hydrogen) atoms. The van der Waals surface area contributed by atoms with Crippen LogP contribution in [0.25, 0.3) is 0 Å². The van der Waals surface area contributed by atoms with Crippen molar-refractivity contribution in [2.75, 3.05) is 39.3 Å². The molecule has 1 amide bonds. The summed E-state index contributed by atoms with van der Waals surface area (Å²) in [4.78, 5) is 14.9. The molecule has 0 radical (unpaired) electrons. The zero-order chi connectivity index (χ0) is 16.9. The number of alkyl halides is 4. The molecule has 2 rings (SSSR count). The van der Waals surface area contributed by atoms with Gasteiger partial charge >= 0.3 is 12.3 Å². The number of carbonyl (C=O) groups excluding carboxylic acids is 1. The van der Waals surface area contributed by atoms with Gasteiger partial charge in [-0.05, 0) is 12.1 Å². The van der Waals surface area contributed by atoms with Crippen LogP contribution in [0.4, 0.5) is 17.6 Å². The molecule has 0 bridgehead atoms. The van der Waals surface area contributed by atoms with Gasteiger partial charge in [-0.2, -0.15) is 8.78 Å². The summed E-state index contributed by atoms with van der Waals surface area (Å²) in [6, 6.07) is 3.46. The molecule has 1 N–H and O–H groups in total. The Morgan fingerprint density at radius 2 is 1.91 bits per heavy atom. The summed E-state index contributed by atoms with van der Waals surface area (Å²) in [6.07, 6.45) is -2.15. The van der Waals surface area contributed by atoms with Gasteiger partial charge in [-0.1, -0.05) is 0 Å². The fourth-order valence-electron chi connectivity index (χ4n) is 2.33. The summed E-state index contributed by atoms with van der Waals surface area (Å²) in [6.45, 7) is 0.692. The molecule has 5 nitrogen and oxygen atoms in total. The number of rotatable bonds is 7.